The first-order chi connectivity index (χ1) is 15.4. The zero-order valence-corrected chi connectivity index (χ0v) is 19.3. The molecule has 168 valence electrons. The second kappa shape index (κ2) is 8.03. The average molecular weight is 454 g/mol. The minimum Gasteiger partial charge on any atom is -0.351 e. The Bertz CT molecular complexity index is 1190. The number of carbonyl (C=O) groups is 2. The van der Waals surface area contributed by atoms with E-state index in [1.807, 2.05) is 29.0 Å². The third-order valence-electron chi connectivity index (χ3n) is 7.25. The molecule has 1 saturated carbocycles. The zero-order chi connectivity index (χ0) is 22.5. The number of aromatic nitrogens is 1. The van der Waals surface area contributed by atoms with E-state index in [2.05, 4.69) is 12.2 Å². The van der Waals surface area contributed by atoms with E-state index in [1.54, 1.807) is 34.4 Å². The van der Waals surface area contributed by atoms with Crippen LogP contribution in [0.15, 0.2) is 41.8 Å². The van der Waals surface area contributed by atoms with Gasteiger partial charge >= 0.3 is 0 Å². The van der Waals surface area contributed by atoms with Crippen LogP contribution in [0.5, 0.6) is 0 Å². The molecule has 0 unspecified atom stereocenters. The lowest BCUT2D eigenvalue weighted by atomic mass is 9.85. The summed E-state index contributed by atoms with van der Waals surface area (Å²) in [6, 6.07) is 10.4. The van der Waals surface area contributed by atoms with Crippen molar-refractivity contribution >= 4 is 33.4 Å². The number of halogens is 1. The molecule has 5 nitrogen and oxygen atoms in total. The molecule has 1 aromatic carbocycles. The number of hydrogen-bond acceptors (Lipinski definition) is 3. The summed E-state index contributed by atoms with van der Waals surface area (Å²) in [5.41, 5.74) is 0.804. The van der Waals surface area contributed by atoms with Crippen molar-refractivity contribution in [3.8, 4) is 0 Å². The maximum atomic E-state index is 14.5. The summed E-state index contributed by atoms with van der Waals surface area (Å²) in [7, 11) is 0. The Morgan fingerprint density at radius 2 is 2.03 bits per heavy atom. The molecule has 0 spiro atoms. The van der Waals surface area contributed by atoms with E-state index in [-0.39, 0.29) is 30.2 Å². The Morgan fingerprint density at radius 3 is 2.81 bits per heavy atom. The molecule has 0 bridgehead atoms. The van der Waals surface area contributed by atoms with E-state index in [9.17, 15) is 14.0 Å². The Hall–Kier alpha value is -2.67. The van der Waals surface area contributed by atoms with Gasteiger partial charge in [-0.1, -0.05) is 38.0 Å². The van der Waals surface area contributed by atoms with Crippen LogP contribution in [0.2, 0.25) is 0 Å². The quantitative estimate of drug-likeness (QED) is 0.608. The molecule has 0 saturated heterocycles. The van der Waals surface area contributed by atoms with Crippen LogP contribution >= 0.6 is 11.3 Å². The second-order valence-corrected chi connectivity index (χ2v) is 10.3. The molecule has 5 rings (SSSR count). The molecule has 1 aliphatic heterocycles. The van der Waals surface area contributed by atoms with Crippen molar-refractivity contribution in [3.63, 3.8) is 0 Å². The highest BCUT2D eigenvalue weighted by Crippen LogP contribution is 2.36. The largest absolute Gasteiger partial charge is 0.351 e. The number of nitrogens with zero attached hydrogens (tertiary/aromatic N) is 2. The first kappa shape index (κ1) is 21.2. The first-order valence-electron chi connectivity index (χ1n) is 11.3. The fraction of sp³-hybridized carbons (Fsp3) is 0.440. The molecule has 2 aromatic heterocycles. The van der Waals surface area contributed by atoms with Crippen LogP contribution in [0.4, 0.5) is 4.39 Å². The van der Waals surface area contributed by atoms with Gasteiger partial charge in [-0.05, 0) is 49.3 Å². The van der Waals surface area contributed by atoms with Gasteiger partial charge in [-0.2, -0.15) is 0 Å². The zero-order valence-electron chi connectivity index (χ0n) is 18.4. The summed E-state index contributed by atoms with van der Waals surface area (Å²) in [5.74, 6) is -0.367. The van der Waals surface area contributed by atoms with Crippen molar-refractivity contribution in [3.05, 3.63) is 58.9 Å². The van der Waals surface area contributed by atoms with Crippen LogP contribution in [0.1, 0.15) is 55.6 Å². The normalized spacial score (nSPS) is 25.7. The molecule has 3 atom stereocenters. The van der Waals surface area contributed by atoms with Gasteiger partial charge in [0.2, 0.25) is 5.91 Å². The van der Waals surface area contributed by atoms with E-state index >= 15 is 0 Å². The number of thiophene rings is 1. The summed E-state index contributed by atoms with van der Waals surface area (Å²) in [6.07, 6.45) is 4.33. The SMILES string of the molecule is C[C@@H]1CCCC[C@@H]1NC(=O)[C@]1(C)Cn2c(cc3sccc32)C(=O)N1Cc1ccccc1F. The van der Waals surface area contributed by atoms with Gasteiger partial charge in [0.15, 0.2) is 0 Å². The van der Waals surface area contributed by atoms with Gasteiger partial charge in [-0.15, -0.1) is 11.3 Å². The van der Waals surface area contributed by atoms with Crippen molar-refractivity contribution in [2.45, 2.75) is 64.2 Å². The average Bonchev–Trinajstić information content (AvgIpc) is 3.36. The van der Waals surface area contributed by atoms with Crippen LogP contribution in [0.3, 0.4) is 0 Å². The monoisotopic (exact) mass is 453 g/mol. The predicted molar refractivity (Wildman–Crippen MR) is 124 cm³/mol. The Kier molecular flexibility index (Phi) is 5.32. The van der Waals surface area contributed by atoms with Gasteiger partial charge in [-0.3, -0.25) is 9.59 Å². The topological polar surface area (TPSA) is 54.3 Å². The molecule has 1 aliphatic carbocycles. The van der Waals surface area contributed by atoms with Crippen LogP contribution in [0.25, 0.3) is 10.2 Å². The lowest BCUT2D eigenvalue weighted by molar-refractivity contribution is -0.134. The van der Waals surface area contributed by atoms with Crippen LogP contribution in [-0.2, 0) is 17.9 Å². The van der Waals surface area contributed by atoms with Crippen molar-refractivity contribution in [2.75, 3.05) is 0 Å². The number of fused-ring (bicyclic) bond motifs is 3. The first-order valence-corrected chi connectivity index (χ1v) is 12.2. The van der Waals surface area contributed by atoms with Crippen LogP contribution in [0, 0.1) is 11.7 Å². The molecular formula is C25H28FN3O2S. The third-order valence-corrected chi connectivity index (χ3v) is 8.11. The molecule has 1 fully saturated rings. The van der Waals surface area contributed by atoms with Gasteiger partial charge < -0.3 is 14.8 Å². The standard InChI is InChI=1S/C25H28FN3O2S/c1-16-7-3-6-10-19(16)27-24(31)25(2)15-28-20-11-12-32-22(20)13-21(28)23(30)29(25)14-17-8-4-5-9-18(17)26/h4-5,8-9,11-13,16,19H,3,6-7,10,14-15H2,1-2H3,(H,27,31)/t16-,19+,25+/m1/s1. The predicted octanol–water partition coefficient (Wildman–Crippen LogP) is 4.95. The summed E-state index contributed by atoms with van der Waals surface area (Å²) < 4.78 is 17.5. The second-order valence-electron chi connectivity index (χ2n) is 9.38. The smallest absolute Gasteiger partial charge is 0.271 e. The number of amides is 2. The van der Waals surface area contributed by atoms with Gasteiger partial charge in [-0.25, -0.2) is 4.39 Å². The van der Waals surface area contributed by atoms with E-state index in [4.69, 9.17) is 0 Å². The van der Waals surface area contributed by atoms with Crippen molar-refractivity contribution < 1.29 is 14.0 Å². The third kappa shape index (κ3) is 3.43. The van der Waals surface area contributed by atoms with Gasteiger partial charge in [0.1, 0.15) is 17.1 Å². The summed E-state index contributed by atoms with van der Waals surface area (Å²) in [6.45, 7) is 4.38. The van der Waals surface area contributed by atoms with Crippen LogP contribution in [-0.4, -0.2) is 32.9 Å². The van der Waals surface area contributed by atoms with Crippen molar-refractivity contribution in [2.24, 2.45) is 5.92 Å². The minimum absolute atomic E-state index is 0.0501. The van der Waals surface area contributed by atoms with E-state index in [1.165, 1.54) is 12.5 Å². The number of hydrogen-bond donors (Lipinski definition) is 1. The van der Waals surface area contributed by atoms with Gasteiger partial charge in [0.05, 0.1) is 23.3 Å². The van der Waals surface area contributed by atoms with E-state index in [0.717, 1.165) is 29.5 Å². The molecule has 3 heterocycles. The molecule has 3 aromatic rings. The summed E-state index contributed by atoms with van der Waals surface area (Å²) in [4.78, 5) is 29.0. The minimum atomic E-state index is -1.13. The highest BCUT2D eigenvalue weighted by Gasteiger charge is 2.48. The van der Waals surface area contributed by atoms with Gasteiger partial charge in [0.25, 0.3) is 5.91 Å². The van der Waals surface area contributed by atoms with Crippen molar-refractivity contribution in [1.82, 2.24) is 14.8 Å². The number of carbonyl (C=O) groups excluding carboxylic acids is 2. The van der Waals surface area contributed by atoms with Crippen molar-refractivity contribution in [1.29, 1.82) is 0 Å². The number of nitrogens with one attached hydrogen (secondary N) is 1. The fourth-order valence-electron chi connectivity index (χ4n) is 5.17. The molecule has 0 radical (unpaired) electrons. The van der Waals surface area contributed by atoms with Crippen LogP contribution < -0.4 is 5.32 Å². The lowest BCUT2D eigenvalue weighted by Crippen LogP contribution is -2.65. The molecule has 32 heavy (non-hydrogen) atoms. The maximum Gasteiger partial charge on any atom is 0.271 e. The highest BCUT2D eigenvalue weighted by atomic mass is 32.1. The summed E-state index contributed by atoms with van der Waals surface area (Å²) in [5, 5.41) is 5.25. The molecule has 2 amide bonds. The fourth-order valence-corrected chi connectivity index (χ4v) is 5.99. The summed E-state index contributed by atoms with van der Waals surface area (Å²) >= 11 is 1.58. The maximum absolute atomic E-state index is 14.5. The molecule has 7 heteroatoms. The lowest BCUT2D eigenvalue weighted by Gasteiger charge is -2.45. The Morgan fingerprint density at radius 1 is 1.25 bits per heavy atom. The Balaban J connectivity index is 1.54. The van der Waals surface area contributed by atoms with E-state index < -0.39 is 5.54 Å². The Labute approximate surface area is 191 Å². The number of rotatable bonds is 4. The molecular weight excluding hydrogens is 425 g/mol. The molecule has 1 N–H and O–H groups in total. The number of benzene rings is 1. The van der Waals surface area contributed by atoms with Gasteiger partial charge in [0, 0.05) is 11.6 Å². The van der Waals surface area contributed by atoms with E-state index in [0.29, 0.717) is 23.7 Å². The molecule has 2 aliphatic rings. The highest BCUT2D eigenvalue weighted by molar-refractivity contribution is 7.17.